The average molecular weight is 388 g/mol. The summed E-state index contributed by atoms with van der Waals surface area (Å²) >= 11 is 1.57. The van der Waals surface area contributed by atoms with E-state index in [1.165, 1.54) is 16.0 Å². The number of thiophene rings is 1. The van der Waals surface area contributed by atoms with Crippen LogP contribution in [0.25, 0.3) is 0 Å². The van der Waals surface area contributed by atoms with Crippen molar-refractivity contribution >= 4 is 17.2 Å². The average Bonchev–Trinajstić information content (AvgIpc) is 3.15. The Balaban J connectivity index is 1.46. The molecule has 0 bridgehead atoms. The normalized spacial score (nSPS) is 19.0. The summed E-state index contributed by atoms with van der Waals surface area (Å²) in [6, 6.07) is 6.11. The first-order chi connectivity index (χ1) is 13.2. The molecule has 2 aliphatic rings. The van der Waals surface area contributed by atoms with E-state index in [1.807, 2.05) is 18.3 Å². The number of nitrogens with one attached hydrogen (secondary N) is 1. The van der Waals surface area contributed by atoms with Crippen LogP contribution in [0, 0.1) is 0 Å². The van der Waals surface area contributed by atoms with E-state index in [0.717, 1.165) is 43.8 Å². The predicted octanol–water partition coefficient (Wildman–Crippen LogP) is 1.93. The summed E-state index contributed by atoms with van der Waals surface area (Å²) in [4.78, 5) is 20.9. The molecule has 1 spiro atoms. The van der Waals surface area contributed by atoms with Crippen molar-refractivity contribution in [3.8, 4) is 0 Å². The van der Waals surface area contributed by atoms with Crippen LogP contribution in [-0.2, 0) is 23.3 Å². The van der Waals surface area contributed by atoms with Crippen molar-refractivity contribution in [2.45, 2.75) is 31.4 Å². The fraction of sp³-hybridized carbons (Fsp3) is 0.500. The van der Waals surface area contributed by atoms with Crippen LogP contribution in [0.3, 0.4) is 0 Å². The molecule has 2 N–H and O–H groups in total. The molecule has 7 heteroatoms. The van der Waals surface area contributed by atoms with Gasteiger partial charge in [-0.25, -0.2) is 0 Å². The minimum absolute atomic E-state index is 0.0450. The lowest BCUT2D eigenvalue weighted by atomic mass is 9.82. The Kier molecular flexibility index (Phi) is 5.54. The van der Waals surface area contributed by atoms with Crippen LogP contribution in [0.2, 0.25) is 0 Å². The van der Waals surface area contributed by atoms with Crippen molar-refractivity contribution in [3.05, 3.63) is 51.5 Å². The van der Waals surface area contributed by atoms with Crippen molar-refractivity contribution < 1.29 is 14.6 Å². The third-order valence-corrected chi connectivity index (χ3v) is 6.61. The van der Waals surface area contributed by atoms with Gasteiger partial charge in [0.2, 0.25) is 0 Å². The van der Waals surface area contributed by atoms with Crippen molar-refractivity contribution in [3.63, 3.8) is 0 Å². The van der Waals surface area contributed by atoms with Crippen LogP contribution in [0.5, 0.6) is 0 Å². The van der Waals surface area contributed by atoms with Crippen molar-refractivity contribution in [1.82, 2.24) is 15.2 Å². The maximum atomic E-state index is 12.3. The fourth-order valence-corrected chi connectivity index (χ4v) is 5.17. The van der Waals surface area contributed by atoms with Gasteiger partial charge in [-0.15, -0.1) is 11.3 Å². The van der Waals surface area contributed by atoms with Crippen LogP contribution in [0.4, 0.5) is 0 Å². The number of hydrogen-bond acceptors (Lipinski definition) is 6. The zero-order chi connectivity index (χ0) is 18.7. The second-order valence-electron chi connectivity index (χ2n) is 7.16. The molecule has 4 rings (SSSR count). The Morgan fingerprint density at radius 3 is 3.00 bits per heavy atom. The molecule has 0 aliphatic carbocycles. The predicted molar refractivity (Wildman–Crippen MR) is 104 cm³/mol. The molecule has 0 aromatic carbocycles. The maximum Gasteiger partial charge on any atom is 0.261 e. The third-order valence-electron chi connectivity index (χ3n) is 5.42. The molecular weight excluding hydrogens is 362 g/mol. The van der Waals surface area contributed by atoms with Crippen LogP contribution in [-0.4, -0.2) is 53.7 Å². The molecule has 0 radical (unpaired) electrons. The SMILES string of the molecule is O=C(NCCO)c1cc2c(s1)CCOC21CCN(Cc2cccnc2)CC1. The van der Waals surface area contributed by atoms with Crippen LogP contribution >= 0.6 is 11.3 Å². The van der Waals surface area contributed by atoms with Gasteiger partial charge in [-0.3, -0.25) is 14.7 Å². The van der Waals surface area contributed by atoms with Gasteiger partial charge in [0.25, 0.3) is 5.91 Å². The summed E-state index contributed by atoms with van der Waals surface area (Å²) in [6.45, 7) is 3.80. The minimum Gasteiger partial charge on any atom is -0.395 e. The summed E-state index contributed by atoms with van der Waals surface area (Å²) < 4.78 is 6.30. The number of hydrogen-bond donors (Lipinski definition) is 2. The Labute approximate surface area is 163 Å². The molecule has 1 saturated heterocycles. The molecule has 0 saturated carbocycles. The molecule has 6 nitrogen and oxygen atoms in total. The first-order valence-electron chi connectivity index (χ1n) is 9.48. The number of carbonyl (C=O) groups excluding carboxylic acids is 1. The van der Waals surface area contributed by atoms with Gasteiger partial charge in [0, 0.05) is 49.9 Å². The number of likely N-dealkylation sites (tertiary alicyclic amines) is 1. The monoisotopic (exact) mass is 387 g/mol. The number of pyridine rings is 1. The van der Waals surface area contributed by atoms with E-state index >= 15 is 0 Å². The van der Waals surface area contributed by atoms with E-state index in [9.17, 15) is 4.79 Å². The molecule has 4 heterocycles. The van der Waals surface area contributed by atoms with E-state index in [0.29, 0.717) is 6.61 Å². The van der Waals surface area contributed by atoms with Gasteiger partial charge < -0.3 is 15.2 Å². The summed E-state index contributed by atoms with van der Waals surface area (Å²) in [5, 5.41) is 11.7. The standard InChI is InChI=1S/C20H25N3O3S/c24-10-7-22-19(25)18-12-16-17(27-18)3-11-26-20(16)4-8-23(9-5-20)14-15-2-1-6-21-13-15/h1-2,6,12-13,24H,3-5,7-11,14H2,(H,22,25). The zero-order valence-corrected chi connectivity index (χ0v) is 16.1. The van der Waals surface area contributed by atoms with Gasteiger partial charge in [-0.05, 0) is 36.1 Å². The Bertz CT molecular complexity index is 785. The largest absolute Gasteiger partial charge is 0.395 e. The molecular formula is C20H25N3O3S. The van der Waals surface area contributed by atoms with E-state index in [2.05, 4.69) is 21.3 Å². The molecule has 2 aliphatic heterocycles. The van der Waals surface area contributed by atoms with Crippen molar-refractivity contribution in [2.75, 3.05) is 32.8 Å². The Morgan fingerprint density at radius 2 is 2.26 bits per heavy atom. The molecule has 2 aromatic heterocycles. The number of carbonyl (C=O) groups is 1. The highest BCUT2D eigenvalue weighted by Gasteiger charge is 2.42. The molecule has 1 amide bonds. The molecule has 144 valence electrons. The van der Waals surface area contributed by atoms with E-state index < -0.39 is 0 Å². The summed E-state index contributed by atoms with van der Waals surface area (Å²) in [5.41, 5.74) is 2.18. The molecule has 0 unspecified atom stereocenters. The van der Waals surface area contributed by atoms with Crippen LogP contribution in [0.15, 0.2) is 30.6 Å². The van der Waals surface area contributed by atoms with Gasteiger partial charge >= 0.3 is 0 Å². The molecule has 1 fully saturated rings. The van der Waals surface area contributed by atoms with Crippen molar-refractivity contribution in [1.29, 1.82) is 0 Å². The van der Waals surface area contributed by atoms with Gasteiger partial charge in [0.15, 0.2) is 0 Å². The number of nitrogens with zero attached hydrogens (tertiary/aromatic N) is 2. The number of fused-ring (bicyclic) bond motifs is 2. The van der Waals surface area contributed by atoms with E-state index in [4.69, 9.17) is 9.84 Å². The van der Waals surface area contributed by atoms with Gasteiger partial charge in [-0.2, -0.15) is 0 Å². The number of piperidine rings is 1. The molecule has 0 atom stereocenters. The fourth-order valence-electron chi connectivity index (χ4n) is 4.02. The number of amides is 1. The summed E-state index contributed by atoms with van der Waals surface area (Å²) in [5.74, 6) is -0.104. The Morgan fingerprint density at radius 1 is 1.41 bits per heavy atom. The molecule has 27 heavy (non-hydrogen) atoms. The lowest BCUT2D eigenvalue weighted by Crippen LogP contribution is -2.45. The van der Waals surface area contributed by atoms with E-state index in [-0.39, 0.29) is 24.7 Å². The highest BCUT2D eigenvalue weighted by Crippen LogP contribution is 2.44. The van der Waals surface area contributed by atoms with Crippen LogP contribution < -0.4 is 5.32 Å². The molecule has 2 aromatic rings. The van der Waals surface area contributed by atoms with E-state index in [1.54, 1.807) is 17.5 Å². The lowest BCUT2D eigenvalue weighted by molar-refractivity contribution is -0.0980. The highest BCUT2D eigenvalue weighted by molar-refractivity contribution is 7.14. The van der Waals surface area contributed by atoms with Gasteiger partial charge in [0.1, 0.15) is 0 Å². The first-order valence-corrected chi connectivity index (χ1v) is 10.3. The quantitative estimate of drug-likeness (QED) is 0.820. The smallest absolute Gasteiger partial charge is 0.261 e. The second kappa shape index (κ2) is 8.06. The third kappa shape index (κ3) is 3.91. The number of aromatic nitrogens is 1. The van der Waals surface area contributed by atoms with Gasteiger partial charge in [0.05, 0.1) is 23.7 Å². The highest BCUT2D eigenvalue weighted by atomic mass is 32.1. The first kappa shape index (κ1) is 18.6. The summed E-state index contributed by atoms with van der Waals surface area (Å²) in [7, 11) is 0. The maximum absolute atomic E-state index is 12.3. The zero-order valence-electron chi connectivity index (χ0n) is 15.3. The topological polar surface area (TPSA) is 74.7 Å². The minimum atomic E-state index is -0.259. The van der Waals surface area contributed by atoms with Crippen LogP contribution in [0.1, 0.15) is 38.5 Å². The number of rotatable bonds is 5. The van der Waals surface area contributed by atoms with Crippen molar-refractivity contribution in [2.24, 2.45) is 0 Å². The number of aliphatic hydroxyl groups is 1. The Hall–Kier alpha value is -1.80. The number of ether oxygens (including phenoxy) is 1. The summed E-state index contributed by atoms with van der Waals surface area (Å²) in [6.07, 6.45) is 6.48. The second-order valence-corrected chi connectivity index (χ2v) is 8.29. The lowest BCUT2D eigenvalue weighted by Gasteiger charge is -2.44. The number of aliphatic hydroxyl groups excluding tert-OH is 1. The van der Waals surface area contributed by atoms with Gasteiger partial charge in [-0.1, -0.05) is 6.07 Å².